The highest BCUT2D eigenvalue weighted by Crippen LogP contribution is 2.20. The number of nitrogens with one attached hydrogen (secondary N) is 7. The van der Waals surface area contributed by atoms with Crippen LogP contribution in [-0.2, 0) is 43.2 Å². The lowest BCUT2D eigenvalue weighted by Crippen LogP contribution is -2.61. The van der Waals surface area contributed by atoms with Gasteiger partial charge in [-0.1, -0.05) is 13.8 Å². The summed E-state index contributed by atoms with van der Waals surface area (Å²) in [7, 11) is 0. The lowest BCUT2D eigenvalue weighted by Gasteiger charge is -2.29. The Bertz CT molecular complexity index is 1800. The second-order valence-electron chi connectivity index (χ2n) is 16.7. The summed E-state index contributed by atoms with van der Waals surface area (Å²) in [6.07, 6.45) is 0.569. The fraction of sp³-hybridized carbons (Fsp3) is 0.725. The van der Waals surface area contributed by atoms with Gasteiger partial charge in [-0.15, -0.1) is 0 Å². The number of rotatable bonds is 32. The number of thiol groups is 2. The summed E-state index contributed by atoms with van der Waals surface area (Å²) < 4.78 is 0. The van der Waals surface area contributed by atoms with Gasteiger partial charge in [0.15, 0.2) is 11.9 Å². The molecule has 0 unspecified atom stereocenters. The molecule has 1 saturated heterocycles. The van der Waals surface area contributed by atoms with Crippen molar-refractivity contribution in [3.8, 4) is 0 Å². The standard InChI is InChI=1S/C40H74N16O11S2/c1-20(2)29(54-33(61)24(10-6-14-47-39(43)44)52-32(60)23(9-4-5-13-41)51-31(59)22(42)18-68)36(64)55-30(21(3)57)35(63)49-17-28(58)50-25(11-7-15-48-40(45)46)37(65)56-16-8-12-27(56)34(62)53-26(19-69)38(66)67/h20-27,29-30,57,68-69H,4-19,41-42H2,1-3H3,(H,49,63)(H,50,58)(H,51,59)(H,52,60)(H,53,62)(H,54,61)(H,55,64)(H,66,67)(H4,43,44,47)(H4,45,46,48)/t21-,22+,23+,24+,25+,26+,27+,29+,30+/m1/s1. The average Bonchev–Trinajstić information content (AvgIpc) is 3.79. The van der Waals surface area contributed by atoms with Crippen molar-refractivity contribution in [2.45, 2.75) is 133 Å². The first-order valence-electron chi connectivity index (χ1n) is 22.6. The molecule has 0 aromatic heterocycles. The van der Waals surface area contributed by atoms with Crippen molar-refractivity contribution < 1.29 is 53.4 Å². The number of guanidine groups is 2. The summed E-state index contributed by atoms with van der Waals surface area (Å²) in [4.78, 5) is 128. The van der Waals surface area contributed by atoms with E-state index in [9.17, 15) is 53.4 Å². The van der Waals surface area contributed by atoms with Gasteiger partial charge < -0.3 is 86.7 Å². The predicted molar refractivity (Wildman–Crippen MR) is 262 cm³/mol. The summed E-state index contributed by atoms with van der Waals surface area (Å²) in [5.41, 5.74) is 33.2. The summed E-state index contributed by atoms with van der Waals surface area (Å²) in [6, 6.07) is -10.1. The number of aliphatic hydroxyl groups is 1. The van der Waals surface area contributed by atoms with Gasteiger partial charge in [-0.05, 0) is 77.2 Å². The van der Waals surface area contributed by atoms with Crippen LogP contribution in [0.1, 0.15) is 78.6 Å². The Morgan fingerprint density at radius 3 is 1.71 bits per heavy atom. The van der Waals surface area contributed by atoms with Gasteiger partial charge >= 0.3 is 5.97 Å². The van der Waals surface area contributed by atoms with Crippen LogP contribution in [0.25, 0.3) is 0 Å². The van der Waals surface area contributed by atoms with Crippen molar-refractivity contribution in [1.82, 2.24) is 42.1 Å². The quantitative estimate of drug-likeness (QED) is 0.0129. The highest BCUT2D eigenvalue weighted by Gasteiger charge is 2.39. The number of unbranched alkanes of at least 4 members (excludes halogenated alkanes) is 1. The molecule has 0 bridgehead atoms. The van der Waals surface area contributed by atoms with Crippen LogP contribution in [0, 0.1) is 5.92 Å². The SMILES string of the molecule is CC(C)[C@H](NC(=O)[C@H](CCCN=C(N)N)NC(=O)[C@H](CCCCN)NC(=O)[C@@H](N)CS)C(=O)N[C@H](C(=O)NCC(=O)N[C@@H](CCCN=C(N)N)C(=O)N1CCC[C@H]1C(=O)N[C@@H](CS)C(=O)O)[C@@H](C)O. The number of carboxylic acid groups (broad SMARTS) is 1. The molecular formula is C40H74N16O11S2. The number of nitrogens with two attached hydrogens (primary N) is 6. The molecule has 9 atom stereocenters. The first kappa shape index (κ1) is 61.4. The predicted octanol–water partition coefficient (Wildman–Crippen LogP) is -6.45. The van der Waals surface area contributed by atoms with Crippen LogP contribution in [0.15, 0.2) is 9.98 Å². The second-order valence-corrected chi connectivity index (χ2v) is 17.4. The molecule has 0 spiro atoms. The first-order valence-corrected chi connectivity index (χ1v) is 23.8. The largest absolute Gasteiger partial charge is 0.480 e. The van der Waals surface area contributed by atoms with Gasteiger partial charge in [-0.3, -0.25) is 48.3 Å². The molecule has 27 nitrogen and oxygen atoms in total. The average molecular weight is 1020 g/mol. The van der Waals surface area contributed by atoms with E-state index in [-0.39, 0.29) is 81.6 Å². The smallest absolute Gasteiger partial charge is 0.327 e. The van der Waals surface area contributed by atoms with E-state index in [2.05, 4.69) is 72.5 Å². The van der Waals surface area contributed by atoms with Crippen LogP contribution >= 0.6 is 25.3 Å². The van der Waals surface area contributed by atoms with E-state index in [4.69, 9.17) is 34.4 Å². The van der Waals surface area contributed by atoms with Gasteiger partial charge in [0.2, 0.25) is 47.3 Å². The molecule has 1 fully saturated rings. The Morgan fingerprint density at radius 2 is 1.20 bits per heavy atom. The maximum absolute atomic E-state index is 13.9. The summed E-state index contributed by atoms with van der Waals surface area (Å²) >= 11 is 8.00. The van der Waals surface area contributed by atoms with Crippen LogP contribution in [-0.4, -0.2) is 179 Å². The van der Waals surface area contributed by atoms with Crippen molar-refractivity contribution in [2.24, 2.45) is 50.3 Å². The van der Waals surface area contributed by atoms with Gasteiger partial charge in [-0.25, -0.2) is 4.79 Å². The molecular weight excluding hydrogens is 945 g/mol. The molecule has 0 saturated carbocycles. The normalized spacial score (nSPS) is 16.7. The van der Waals surface area contributed by atoms with Crippen LogP contribution < -0.4 is 71.6 Å². The molecule has 0 radical (unpaired) electrons. The molecule has 1 rings (SSSR count). The molecule has 0 aromatic rings. The molecule has 29 heteroatoms. The molecule has 8 amide bonds. The second kappa shape index (κ2) is 32.2. The summed E-state index contributed by atoms with van der Waals surface area (Å²) in [6.45, 7) is 4.24. The Kier molecular flexibility index (Phi) is 28.7. The summed E-state index contributed by atoms with van der Waals surface area (Å²) in [5, 5.41) is 37.5. The monoisotopic (exact) mass is 1020 g/mol. The van der Waals surface area contributed by atoms with E-state index in [1.165, 1.54) is 11.8 Å². The van der Waals surface area contributed by atoms with E-state index < -0.39 is 120 Å². The van der Waals surface area contributed by atoms with Gasteiger partial charge in [0.1, 0.15) is 42.3 Å². The Hall–Kier alpha value is -5.65. The lowest BCUT2D eigenvalue weighted by atomic mass is 10.0. The Balaban J connectivity index is 3.24. The summed E-state index contributed by atoms with van der Waals surface area (Å²) in [5.74, 6) is -8.93. The van der Waals surface area contributed by atoms with E-state index in [1.807, 2.05) is 0 Å². The number of aliphatic carboxylic acids is 1. The number of carbonyl (C=O) groups excluding carboxylic acids is 8. The van der Waals surface area contributed by atoms with E-state index in [0.717, 1.165) is 0 Å². The molecule has 69 heavy (non-hydrogen) atoms. The first-order chi connectivity index (χ1) is 32.5. The van der Waals surface area contributed by atoms with E-state index >= 15 is 0 Å². The number of amides is 8. The van der Waals surface area contributed by atoms with Crippen molar-refractivity contribution in [2.75, 3.05) is 44.2 Å². The molecule has 0 aromatic carbocycles. The molecule has 1 heterocycles. The van der Waals surface area contributed by atoms with Crippen molar-refractivity contribution in [3.63, 3.8) is 0 Å². The minimum Gasteiger partial charge on any atom is -0.480 e. The minimum atomic E-state index is -1.67. The van der Waals surface area contributed by atoms with E-state index in [1.54, 1.807) is 13.8 Å². The molecule has 1 aliphatic rings. The van der Waals surface area contributed by atoms with Gasteiger partial charge in [0.25, 0.3) is 0 Å². The van der Waals surface area contributed by atoms with Gasteiger partial charge in [0, 0.05) is 31.1 Å². The van der Waals surface area contributed by atoms with E-state index in [0.29, 0.717) is 25.8 Å². The molecule has 392 valence electrons. The van der Waals surface area contributed by atoms with Crippen LogP contribution in [0.2, 0.25) is 0 Å². The number of hydrogen-bond acceptors (Lipinski definition) is 16. The Labute approximate surface area is 412 Å². The zero-order chi connectivity index (χ0) is 52.4. The number of nitrogens with zero attached hydrogens (tertiary/aromatic N) is 3. The zero-order valence-electron chi connectivity index (χ0n) is 39.4. The zero-order valence-corrected chi connectivity index (χ0v) is 41.1. The number of carbonyl (C=O) groups is 9. The lowest BCUT2D eigenvalue weighted by molar-refractivity contribution is -0.144. The number of likely N-dealkylation sites (tertiary alicyclic amines) is 1. The molecule has 21 N–H and O–H groups in total. The van der Waals surface area contributed by atoms with Crippen LogP contribution in [0.5, 0.6) is 0 Å². The maximum Gasteiger partial charge on any atom is 0.327 e. The third-order valence-electron chi connectivity index (χ3n) is 10.6. The van der Waals surface area contributed by atoms with Crippen LogP contribution in [0.4, 0.5) is 0 Å². The number of aliphatic imine (C=N–C) groups is 2. The fourth-order valence-electron chi connectivity index (χ4n) is 6.85. The minimum absolute atomic E-state index is 0.00194. The number of carboxylic acids is 1. The number of hydrogen-bond donors (Lipinski definition) is 17. The van der Waals surface area contributed by atoms with Crippen molar-refractivity contribution >= 4 is 90.4 Å². The third-order valence-corrected chi connectivity index (χ3v) is 11.4. The Morgan fingerprint density at radius 1 is 0.667 bits per heavy atom. The highest BCUT2D eigenvalue weighted by atomic mass is 32.1. The van der Waals surface area contributed by atoms with Crippen molar-refractivity contribution in [1.29, 1.82) is 0 Å². The maximum atomic E-state index is 13.9. The fourth-order valence-corrected chi connectivity index (χ4v) is 7.26. The topological polar surface area (TPSA) is 462 Å². The van der Waals surface area contributed by atoms with Gasteiger partial charge in [-0.2, -0.15) is 25.3 Å². The van der Waals surface area contributed by atoms with Crippen molar-refractivity contribution in [3.05, 3.63) is 0 Å². The molecule has 0 aliphatic carbocycles. The van der Waals surface area contributed by atoms with Gasteiger partial charge in [0.05, 0.1) is 18.7 Å². The number of aliphatic hydroxyl groups excluding tert-OH is 1. The third kappa shape index (κ3) is 22.6. The highest BCUT2D eigenvalue weighted by molar-refractivity contribution is 7.80. The molecule has 1 aliphatic heterocycles. The van der Waals surface area contributed by atoms with Crippen LogP contribution in [0.3, 0.4) is 0 Å².